The van der Waals surface area contributed by atoms with Crippen molar-refractivity contribution >= 4 is 0 Å². The number of methoxy groups -OCH3 is 2. The summed E-state index contributed by atoms with van der Waals surface area (Å²) in [5.74, 6) is 3.09. The smallest absolute Gasteiger partial charge is 0.122 e. The molecule has 0 radical (unpaired) electrons. The third kappa shape index (κ3) is 6.85. The molecule has 0 aromatic heterocycles. The Morgan fingerprint density at radius 1 is 0.946 bits per heavy atom. The summed E-state index contributed by atoms with van der Waals surface area (Å²) in [7, 11) is 3.41. The molecule has 1 aliphatic rings. The number of nitrogens with zero attached hydrogens (tertiary/aromatic N) is 1. The van der Waals surface area contributed by atoms with E-state index >= 15 is 0 Å². The lowest BCUT2D eigenvalue weighted by atomic mass is 9.68. The summed E-state index contributed by atoms with van der Waals surface area (Å²) in [6.07, 6.45) is 2.27. The van der Waals surface area contributed by atoms with Gasteiger partial charge in [-0.2, -0.15) is 0 Å². The zero-order valence-corrected chi connectivity index (χ0v) is 22.7. The molecule has 3 aromatic carbocycles. The molecule has 198 valence electrons. The summed E-state index contributed by atoms with van der Waals surface area (Å²) < 4.78 is 16.9. The molecule has 1 unspecified atom stereocenters. The zero-order valence-electron chi connectivity index (χ0n) is 22.7. The first-order chi connectivity index (χ1) is 17.9. The van der Waals surface area contributed by atoms with Crippen LogP contribution in [0, 0.1) is 5.92 Å². The maximum Gasteiger partial charge on any atom is 0.122 e. The van der Waals surface area contributed by atoms with Crippen LogP contribution in [-0.2, 0) is 18.3 Å². The highest BCUT2D eigenvalue weighted by Gasteiger charge is 2.38. The summed E-state index contributed by atoms with van der Waals surface area (Å²) in [6.45, 7) is 7.46. The van der Waals surface area contributed by atoms with Gasteiger partial charge >= 0.3 is 0 Å². The van der Waals surface area contributed by atoms with Crippen molar-refractivity contribution < 1.29 is 19.3 Å². The molecule has 3 aromatic rings. The Labute approximate surface area is 222 Å². The Morgan fingerprint density at radius 2 is 1.68 bits per heavy atom. The van der Waals surface area contributed by atoms with Gasteiger partial charge in [-0.1, -0.05) is 56.3 Å². The summed E-state index contributed by atoms with van der Waals surface area (Å²) in [4.78, 5) is 2.37. The monoisotopic (exact) mass is 503 g/mol. The van der Waals surface area contributed by atoms with E-state index < -0.39 is 6.10 Å². The third-order valence-corrected chi connectivity index (χ3v) is 7.99. The number of aliphatic hydroxyl groups is 1. The van der Waals surface area contributed by atoms with Gasteiger partial charge in [0.25, 0.3) is 0 Å². The Bertz CT molecular complexity index is 1150. The second-order valence-electron chi connectivity index (χ2n) is 10.5. The van der Waals surface area contributed by atoms with Gasteiger partial charge in [-0.3, -0.25) is 0 Å². The molecule has 1 saturated heterocycles. The summed E-state index contributed by atoms with van der Waals surface area (Å²) >= 11 is 0. The van der Waals surface area contributed by atoms with E-state index in [0.29, 0.717) is 12.5 Å². The first-order valence-corrected chi connectivity index (χ1v) is 13.3. The Hall–Kier alpha value is -3.02. The van der Waals surface area contributed by atoms with Gasteiger partial charge in [0.2, 0.25) is 0 Å². The number of aryl methyl sites for hydroxylation is 2. The fourth-order valence-electron chi connectivity index (χ4n) is 5.38. The quantitative estimate of drug-likeness (QED) is 0.373. The molecule has 1 aliphatic heterocycles. The maximum atomic E-state index is 10.8. The minimum atomic E-state index is -0.542. The lowest BCUT2D eigenvalue weighted by Gasteiger charge is -2.45. The minimum absolute atomic E-state index is 0.0915. The molecule has 1 N–H and O–H groups in total. The van der Waals surface area contributed by atoms with Crippen molar-refractivity contribution in [3.63, 3.8) is 0 Å². The predicted octanol–water partition coefficient (Wildman–Crippen LogP) is 5.53. The lowest BCUT2D eigenvalue weighted by molar-refractivity contribution is 0.0357. The highest BCUT2D eigenvalue weighted by atomic mass is 16.5. The molecule has 0 saturated carbocycles. The van der Waals surface area contributed by atoms with Crippen molar-refractivity contribution in [3.8, 4) is 17.2 Å². The summed E-state index contributed by atoms with van der Waals surface area (Å²) in [6, 6.07) is 24.8. The summed E-state index contributed by atoms with van der Waals surface area (Å²) in [5, 5.41) is 10.8. The van der Waals surface area contributed by atoms with Gasteiger partial charge in [0, 0.05) is 13.1 Å². The molecule has 3 atom stereocenters. The molecular weight excluding hydrogens is 462 g/mol. The fraction of sp³-hybridized carbons (Fsp3) is 0.438. The van der Waals surface area contributed by atoms with Gasteiger partial charge in [0.1, 0.15) is 30.0 Å². The average molecular weight is 504 g/mol. The molecule has 5 heteroatoms. The van der Waals surface area contributed by atoms with E-state index in [-0.39, 0.29) is 12.0 Å². The topological polar surface area (TPSA) is 51.2 Å². The number of hydrogen-bond donors (Lipinski definition) is 1. The molecule has 1 heterocycles. The summed E-state index contributed by atoms with van der Waals surface area (Å²) in [5.41, 5.74) is 3.80. The normalized spacial score (nSPS) is 20.8. The van der Waals surface area contributed by atoms with Gasteiger partial charge in [-0.25, -0.2) is 0 Å². The molecule has 4 rings (SSSR count). The fourth-order valence-corrected chi connectivity index (χ4v) is 5.38. The van der Waals surface area contributed by atoms with E-state index in [0.717, 1.165) is 55.2 Å². The second-order valence-corrected chi connectivity index (χ2v) is 10.5. The van der Waals surface area contributed by atoms with E-state index in [1.54, 1.807) is 14.2 Å². The Morgan fingerprint density at radius 3 is 2.43 bits per heavy atom. The van der Waals surface area contributed by atoms with Crippen molar-refractivity contribution in [2.24, 2.45) is 5.92 Å². The van der Waals surface area contributed by atoms with Crippen molar-refractivity contribution in [3.05, 3.63) is 89.5 Å². The van der Waals surface area contributed by atoms with Crippen LogP contribution in [-0.4, -0.2) is 56.6 Å². The number of β-amino-alcohol motifs (C(OH)–C–C–N with tert-alkyl or cyclic N) is 1. The largest absolute Gasteiger partial charge is 0.497 e. The van der Waals surface area contributed by atoms with Crippen molar-refractivity contribution in [1.82, 2.24) is 4.90 Å². The van der Waals surface area contributed by atoms with Crippen LogP contribution in [0.3, 0.4) is 0 Å². The van der Waals surface area contributed by atoms with Crippen molar-refractivity contribution in [2.45, 2.75) is 44.6 Å². The van der Waals surface area contributed by atoms with Crippen LogP contribution in [0.15, 0.2) is 72.8 Å². The van der Waals surface area contributed by atoms with Crippen LogP contribution in [0.1, 0.15) is 37.0 Å². The third-order valence-electron chi connectivity index (χ3n) is 7.99. The molecular formula is C32H41NO4. The number of hydrogen-bond acceptors (Lipinski definition) is 5. The van der Waals surface area contributed by atoms with E-state index in [1.165, 1.54) is 11.1 Å². The van der Waals surface area contributed by atoms with Crippen LogP contribution >= 0.6 is 0 Å². The Kier molecular flexibility index (Phi) is 9.12. The minimum Gasteiger partial charge on any atom is -0.497 e. The Balaban J connectivity index is 1.29. The van der Waals surface area contributed by atoms with Crippen LogP contribution in [0.5, 0.6) is 17.2 Å². The first kappa shape index (κ1) is 27.0. The van der Waals surface area contributed by atoms with Crippen LogP contribution < -0.4 is 14.2 Å². The highest BCUT2D eigenvalue weighted by molar-refractivity contribution is 5.36. The number of rotatable bonds is 11. The number of aliphatic hydroxyl groups excluding tert-OH is 1. The van der Waals surface area contributed by atoms with E-state index in [9.17, 15) is 5.11 Å². The van der Waals surface area contributed by atoms with Crippen LogP contribution in [0.4, 0.5) is 0 Å². The molecule has 0 aliphatic carbocycles. The van der Waals surface area contributed by atoms with Gasteiger partial charge in [0.15, 0.2) is 0 Å². The van der Waals surface area contributed by atoms with Crippen molar-refractivity contribution in [1.29, 1.82) is 0 Å². The van der Waals surface area contributed by atoms with E-state index in [2.05, 4.69) is 55.1 Å². The van der Waals surface area contributed by atoms with Gasteiger partial charge in [0.05, 0.1) is 14.2 Å². The molecule has 1 fully saturated rings. The standard InChI is InChI=1S/C32H41NO4/c1-24-21-33(18-17-32(24,2)27-11-8-13-30(20-27)36-4)22-28(34)23-37-31-14-6-5-10-26(31)16-15-25-9-7-12-29(19-25)35-3/h5-14,19-20,24,28,34H,15-18,21-23H2,1-4H3/t24-,28?,32+/m0/s1. The van der Waals surface area contributed by atoms with Crippen LogP contribution in [0.25, 0.3) is 0 Å². The zero-order chi connectivity index (χ0) is 26.3. The number of likely N-dealkylation sites (tertiary alicyclic amines) is 1. The highest BCUT2D eigenvalue weighted by Crippen LogP contribution is 2.40. The molecule has 0 spiro atoms. The number of ether oxygens (including phenoxy) is 3. The van der Waals surface area contributed by atoms with Crippen molar-refractivity contribution in [2.75, 3.05) is 40.5 Å². The second kappa shape index (κ2) is 12.5. The van der Waals surface area contributed by atoms with Gasteiger partial charge in [-0.05, 0) is 84.2 Å². The molecule has 37 heavy (non-hydrogen) atoms. The molecule has 0 amide bonds. The maximum absolute atomic E-state index is 10.8. The van der Waals surface area contributed by atoms with E-state index in [1.807, 2.05) is 36.4 Å². The number of para-hydroxylation sites is 1. The van der Waals surface area contributed by atoms with Gasteiger partial charge in [-0.15, -0.1) is 0 Å². The molecule has 5 nitrogen and oxygen atoms in total. The number of piperidine rings is 1. The lowest BCUT2D eigenvalue weighted by Crippen LogP contribution is -2.49. The van der Waals surface area contributed by atoms with Crippen LogP contribution in [0.2, 0.25) is 0 Å². The van der Waals surface area contributed by atoms with Gasteiger partial charge < -0.3 is 24.2 Å². The first-order valence-electron chi connectivity index (χ1n) is 13.3. The predicted molar refractivity (Wildman–Crippen MR) is 149 cm³/mol. The number of benzene rings is 3. The van der Waals surface area contributed by atoms with E-state index in [4.69, 9.17) is 14.2 Å². The average Bonchev–Trinajstić information content (AvgIpc) is 2.93. The molecule has 0 bridgehead atoms. The SMILES string of the molecule is COc1cccc(CCc2ccccc2OCC(O)CN2CC[C@@](C)(c3cccc(OC)c3)[C@@H](C)C2)c1.